The van der Waals surface area contributed by atoms with Crippen LogP contribution in [0.1, 0.15) is 0 Å². The minimum Gasteiger partial charge on any atom is -0.431 e. The predicted octanol–water partition coefficient (Wildman–Crippen LogP) is 0.933. The molecule has 1 N–H and O–H groups in total. The first-order chi connectivity index (χ1) is 11.3. The molecule has 0 aliphatic heterocycles. The van der Waals surface area contributed by atoms with Gasteiger partial charge in [0.15, 0.2) is 5.58 Å². The van der Waals surface area contributed by atoms with E-state index >= 15 is 0 Å². The lowest BCUT2D eigenvalue weighted by atomic mass is 10.3. The Morgan fingerprint density at radius 2 is 2.17 bits per heavy atom. The molecular weight excluding hydrogens is 354 g/mol. The van der Waals surface area contributed by atoms with Gasteiger partial charge in [0.1, 0.15) is 5.52 Å². The summed E-state index contributed by atoms with van der Waals surface area (Å²) in [5, 5.41) is 3.00. The third-order valence-corrected chi connectivity index (χ3v) is 5.71. The van der Waals surface area contributed by atoms with Crippen molar-refractivity contribution < 1.29 is 22.4 Å². The van der Waals surface area contributed by atoms with Crippen molar-refractivity contribution in [3.8, 4) is 0 Å². The molecular formula is C14H19N3O5S2. The van der Waals surface area contributed by atoms with Gasteiger partial charge in [0, 0.05) is 27.7 Å². The number of hydrogen-bond donors (Lipinski definition) is 1. The van der Waals surface area contributed by atoms with Gasteiger partial charge in [0.2, 0.25) is 15.9 Å². The number of ether oxygens (including phenoxy) is 1. The van der Waals surface area contributed by atoms with Gasteiger partial charge in [-0.15, -0.1) is 0 Å². The van der Waals surface area contributed by atoms with Crippen molar-refractivity contribution in [1.82, 2.24) is 14.6 Å². The number of benzene rings is 1. The molecule has 1 aromatic carbocycles. The highest BCUT2D eigenvalue weighted by atomic mass is 32.2. The summed E-state index contributed by atoms with van der Waals surface area (Å²) >= 11 is 1.14. The lowest BCUT2D eigenvalue weighted by molar-refractivity contribution is -0.118. The van der Waals surface area contributed by atoms with E-state index in [1.165, 1.54) is 26.2 Å². The standard InChI is InChI=1S/C14H19N3O5S2/c1-17(2)24(19,20)10-4-5-12-11(8-10)16-14(22-12)23-9-13(18)15-6-7-21-3/h4-5,8H,6-7,9H2,1-3H3,(H,15,18). The highest BCUT2D eigenvalue weighted by molar-refractivity contribution is 7.99. The monoisotopic (exact) mass is 373 g/mol. The summed E-state index contributed by atoms with van der Waals surface area (Å²) < 4.78 is 35.7. The number of oxazole rings is 1. The molecule has 0 unspecified atom stereocenters. The minimum atomic E-state index is -3.53. The summed E-state index contributed by atoms with van der Waals surface area (Å²) in [5.41, 5.74) is 0.898. The molecule has 24 heavy (non-hydrogen) atoms. The van der Waals surface area contributed by atoms with Crippen LogP contribution in [0, 0.1) is 0 Å². The summed E-state index contributed by atoms with van der Waals surface area (Å²) in [6.07, 6.45) is 0. The molecule has 1 heterocycles. The fourth-order valence-corrected chi connectivity index (χ4v) is 3.38. The van der Waals surface area contributed by atoms with Crippen LogP contribution in [-0.2, 0) is 19.6 Å². The fourth-order valence-electron chi connectivity index (χ4n) is 1.79. The zero-order valence-corrected chi connectivity index (χ0v) is 15.2. The second kappa shape index (κ2) is 7.97. The number of nitrogens with zero attached hydrogens (tertiary/aromatic N) is 2. The van der Waals surface area contributed by atoms with Crippen LogP contribution in [0.4, 0.5) is 0 Å². The van der Waals surface area contributed by atoms with Gasteiger partial charge < -0.3 is 14.5 Å². The first kappa shape index (κ1) is 18.7. The first-order valence-electron chi connectivity index (χ1n) is 7.06. The van der Waals surface area contributed by atoms with Crippen LogP contribution < -0.4 is 5.32 Å². The SMILES string of the molecule is COCCNC(=O)CSc1nc2cc(S(=O)(=O)N(C)C)ccc2o1. The van der Waals surface area contributed by atoms with E-state index in [0.29, 0.717) is 29.5 Å². The molecule has 0 radical (unpaired) electrons. The average Bonchev–Trinajstić information content (AvgIpc) is 2.95. The maximum atomic E-state index is 12.1. The molecule has 0 atom stereocenters. The average molecular weight is 373 g/mol. The number of carbonyl (C=O) groups is 1. The molecule has 2 aromatic rings. The fraction of sp³-hybridized carbons (Fsp3) is 0.429. The molecule has 2 rings (SSSR count). The summed E-state index contributed by atoms with van der Waals surface area (Å²) in [7, 11) is 0.959. The van der Waals surface area contributed by atoms with Crippen molar-refractivity contribution in [3.05, 3.63) is 18.2 Å². The molecule has 0 fully saturated rings. The number of nitrogens with one attached hydrogen (secondary N) is 1. The molecule has 1 aromatic heterocycles. The van der Waals surface area contributed by atoms with E-state index in [1.807, 2.05) is 0 Å². The van der Waals surface area contributed by atoms with Crippen molar-refractivity contribution in [3.63, 3.8) is 0 Å². The summed E-state index contributed by atoms with van der Waals surface area (Å²) in [5.74, 6) is -0.00507. The largest absolute Gasteiger partial charge is 0.431 e. The third-order valence-electron chi connectivity index (χ3n) is 3.07. The maximum Gasteiger partial charge on any atom is 0.257 e. The Morgan fingerprint density at radius 1 is 1.42 bits per heavy atom. The van der Waals surface area contributed by atoms with Gasteiger partial charge in [-0.1, -0.05) is 11.8 Å². The summed E-state index contributed by atoms with van der Waals surface area (Å²) in [6.45, 7) is 0.887. The van der Waals surface area contributed by atoms with Crippen LogP contribution in [0.3, 0.4) is 0 Å². The Bertz CT molecular complexity index is 817. The molecule has 1 amide bonds. The molecule has 0 saturated carbocycles. The molecule has 0 spiro atoms. The molecule has 8 nitrogen and oxygen atoms in total. The molecule has 0 bridgehead atoms. The van der Waals surface area contributed by atoms with Crippen LogP contribution in [-0.4, -0.2) is 63.7 Å². The molecule has 0 saturated heterocycles. The van der Waals surface area contributed by atoms with Crippen molar-refractivity contribution in [2.24, 2.45) is 0 Å². The third kappa shape index (κ3) is 4.47. The summed E-state index contributed by atoms with van der Waals surface area (Å²) in [6, 6.07) is 4.48. The van der Waals surface area contributed by atoms with Crippen molar-refractivity contribution in [2.45, 2.75) is 10.1 Å². The summed E-state index contributed by atoms with van der Waals surface area (Å²) in [4.78, 5) is 16.0. The molecule has 132 valence electrons. The van der Waals surface area contributed by atoms with Crippen LogP contribution in [0.5, 0.6) is 0 Å². The smallest absolute Gasteiger partial charge is 0.257 e. The van der Waals surface area contributed by atoms with Gasteiger partial charge in [0.25, 0.3) is 5.22 Å². The van der Waals surface area contributed by atoms with E-state index in [4.69, 9.17) is 9.15 Å². The Kier molecular flexibility index (Phi) is 6.21. The van der Waals surface area contributed by atoms with Gasteiger partial charge in [0.05, 0.1) is 17.3 Å². The maximum absolute atomic E-state index is 12.1. The van der Waals surface area contributed by atoms with Gasteiger partial charge in [-0.3, -0.25) is 4.79 Å². The number of hydrogen-bond acceptors (Lipinski definition) is 7. The lowest BCUT2D eigenvalue weighted by Crippen LogP contribution is -2.28. The van der Waals surface area contributed by atoms with E-state index < -0.39 is 10.0 Å². The second-order valence-corrected chi connectivity index (χ2v) is 8.11. The Balaban J connectivity index is 2.08. The van der Waals surface area contributed by atoms with Crippen LogP contribution >= 0.6 is 11.8 Å². The molecule has 10 heteroatoms. The van der Waals surface area contributed by atoms with Gasteiger partial charge in [-0.25, -0.2) is 17.7 Å². The Hall–Kier alpha value is -1.62. The quantitative estimate of drug-likeness (QED) is 0.542. The molecule has 0 aliphatic rings. The van der Waals surface area contributed by atoms with Gasteiger partial charge in [-0.05, 0) is 18.2 Å². The number of sulfonamides is 1. The number of carbonyl (C=O) groups excluding carboxylic acids is 1. The van der Waals surface area contributed by atoms with Gasteiger partial charge in [-0.2, -0.15) is 0 Å². The number of fused-ring (bicyclic) bond motifs is 1. The zero-order chi connectivity index (χ0) is 17.7. The second-order valence-electron chi connectivity index (χ2n) is 5.03. The zero-order valence-electron chi connectivity index (χ0n) is 13.6. The first-order valence-corrected chi connectivity index (χ1v) is 9.48. The minimum absolute atomic E-state index is 0.141. The van der Waals surface area contributed by atoms with E-state index in [-0.39, 0.29) is 16.6 Å². The number of amides is 1. The Labute approximate surface area is 144 Å². The van der Waals surface area contributed by atoms with E-state index in [1.54, 1.807) is 13.2 Å². The topological polar surface area (TPSA) is 102 Å². The number of aromatic nitrogens is 1. The molecule has 0 aliphatic carbocycles. The van der Waals surface area contributed by atoms with E-state index in [2.05, 4.69) is 10.3 Å². The van der Waals surface area contributed by atoms with E-state index in [0.717, 1.165) is 16.1 Å². The van der Waals surface area contributed by atoms with Crippen LogP contribution in [0.15, 0.2) is 32.7 Å². The normalized spacial score (nSPS) is 12.0. The van der Waals surface area contributed by atoms with Crippen molar-refractivity contribution >= 4 is 38.8 Å². The highest BCUT2D eigenvalue weighted by Crippen LogP contribution is 2.26. The van der Waals surface area contributed by atoms with E-state index in [9.17, 15) is 13.2 Å². The highest BCUT2D eigenvalue weighted by Gasteiger charge is 2.19. The number of thioether (sulfide) groups is 1. The van der Waals surface area contributed by atoms with Crippen molar-refractivity contribution in [2.75, 3.05) is 40.1 Å². The number of methoxy groups -OCH3 is 1. The van der Waals surface area contributed by atoms with Crippen LogP contribution in [0.25, 0.3) is 11.1 Å². The predicted molar refractivity (Wildman–Crippen MR) is 90.5 cm³/mol. The number of rotatable bonds is 8. The lowest BCUT2D eigenvalue weighted by Gasteiger charge is -2.10. The van der Waals surface area contributed by atoms with Crippen molar-refractivity contribution in [1.29, 1.82) is 0 Å². The van der Waals surface area contributed by atoms with Gasteiger partial charge >= 0.3 is 0 Å². The van der Waals surface area contributed by atoms with Crippen LogP contribution in [0.2, 0.25) is 0 Å². The Morgan fingerprint density at radius 3 is 2.83 bits per heavy atom.